The minimum atomic E-state index is -3.76. The number of hydrogen-bond donors (Lipinski definition) is 4. The van der Waals surface area contributed by atoms with Crippen molar-refractivity contribution in [3.63, 3.8) is 0 Å². The fourth-order valence-corrected chi connectivity index (χ4v) is 3.87. The standard InChI is InChI=1S/C19H25N5O4S/c20-9-14-7-8-24(11-14)12-15-3-6-17(19(26)23-15)18(25)22-10-13-1-4-16(5-2-13)29(21,27)28/h1-6,14H,7-12,20H2,(H,22,25)(H,23,26)(H2,21,27,28)/t14-/m0/s1. The van der Waals surface area contributed by atoms with Gasteiger partial charge in [-0.2, -0.15) is 0 Å². The molecule has 156 valence electrons. The molecule has 0 aliphatic carbocycles. The summed E-state index contributed by atoms with van der Waals surface area (Å²) in [6.07, 6.45) is 1.05. The summed E-state index contributed by atoms with van der Waals surface area (Å²) in [6, 6.07) is 9.10. The van der Waals surface area contributed by atoms with Crippen LogP contribution in [-0.4, -0.2) is 43.8 Å². The summed E-state index contributed by atoms with van der Waals surface area (Å²) in [5.74, 6) is -0.0107. The number of hydrogen-bond acceptors (Lipinski definition) is 6. The van der Waals surface area contributed by atoms with Crippen molar-refractivity contribution in [2.24, 2.45) is 16.8 Å². The molecule has 0 spiro atoms. The van der Waals surface area contributed by atoms with Gasteiger partial charge in [0.05, 0.1) is 4.90 Å². The third-order valence-electron chi connectivity index (χ3n) is 5.02. The monoisotopic (exact) mass is 419 g/mol. The van der Waals surface area contributed by atoms with E-state index in [1.807, 2.05) is 0 Å². The lowest BCUT2D eigenvalue weighted by molar-refractivity contribution is 0.0949. The van der Waals surface area contributed by atoms with Gasteiger partial charge in [-0.15, -0.1) is 0 Å². The van der Waals surface area contributed by atoms with Gasteiger partial charge in [-0.1, -0.05) is 12.1 Å². The van der Waals surface area contributed by atoms with Crippen LogP contribution in [0.1, 0.15) is 28.0 Å². The molecule has 2 heterocycles. The average Bonchev–Trinajstić information content (AvgIpc) is 3.13. The van der Waals surface area contributed by atoms with E-state index in [4.69, 9.17) is 10.9 Å². The van der Waals surface area contributed by atoms with Crippen molar-refractivity contribution in [1.29, 1.82) is 0 Å². The van der Waals surface area contributed by atoms with Gasteiger partial charge in [-0.25, -0.2) is 13.6 Å². The Labute approximate surface area is 169 Å². The first-order chi connectivity index (χ1) is 13.8. The van der Waals surface area contributed by atoms with Crippen molar-refractivity contribution in [2.45, 2.75) is 24.4 Å². The van der Waals surface area contributed by atoms with Crippen molar-refractivity contribution in [2.75, 3.05) is 19.6 Å². The maximum absolute atomic E-state index is 12.3. The predicted molar refractivity (Wildman–Crippen MR) is 108 cm³/mol. The van der Waals surface area contributed by atoms with E-state index in [0.29, 0.717) is 24.6 Å². The second-order valence-electron chi connectivity index (χ2n) is 7.22. The summed E-state index contributed by atoms with van der Waals surface area (Å²) in [4.78, 5) is 29.6. The quantitative estimate of drug-likeness (QED) is 0.485. The fourth-order valence-electron chi connectivity index (χ4n) is 3.35. The number of sulfonamides is 1. The van der Waals surface area contributed by atoms with Crippen LogP contribution < -0.4 is 21.7 Å². The number of benzene rings is 1. The van der Waals surface area contributed by atoms with Crippen LogP contribution in [0.3, 0.4) is 0 Å². The molecule has 1 saturated heterocycles. The first kappa shape index (κ1) is 21.2. The van der Waals surface area contributed by atoms with Crippen LogP contribution in [0.25, 0.3) is 0 Å². The molecule has 1 aromatic heterocycles. The predicted octanol–water partition coefficient (Wildman–Crippen LogP) is -0.267. The molecule has 1 aliphatic heterocycles. The number of nitrogens with zero attached hydrogens (tertiary/aromatic N) is 1. The topological polar surface area (TPSA) is 151 Å². The van der Waals surface area contributed by atoms with Crippen LogP contribution in [-0.2, 0) is 23.1 Å². The number of aromatic nitrogens is 1. The van der Waals surface area contributed by atoms with E-state index in [9.17, 15) is 18.0 Å². The number of primary sulfonamides is 1. The summed E-state index contributed by atoms with van der Waals surface area (Å²) < 4.78 is 22.5. The number of nitrogens with one attached hydrogen (secondary N) is 2. The second kappa shape index (κ2) is 8.87. The van der Waals surface area contributed by atoms with E-state index < -0.39 is 21.5 Å². The fraction of sp³-hybridized carbons (Fsp3) is 0.368. The number of carbonyl (C=O) groups is 1. The lowest BCUT2D eigenvalue weighted by atomic mass is 10.1. The molecule has 1 aromatic carbocycles. The van der Waals surface area contributed by atoms with Crippen LogP contribution in [0, 0.1) is 5.92 Å². The van der Waals surface area contributed by atoms with Crippen LogP contribution in [0.15, 0.2) is 46.1 Å². The SMILES string of the molecule is NC[C@@H]1CCN(Cc2ccc(C(=O)NCc3ccc(S(N)(=O)=O)cc3)c(=O)[nH]2)C1. The summed E-state index contributed by atoms with van der Waals surface area (Å²) in [5.41, 5.74) is 6.72. The first-order valence-corrected chi connectivity index (χ1v) is 10.9. The van der Waals surface area contributed by atoms with Gasteiger partial charge in [0.2, 0.25) is 10.0 Å². The Morgan fingerprint density at radius 1 is 1.21 bits per heavy atom. The minimum absolute atomic E-state index is 0.00426. The summed E-state index contributed by atoms with van der Waals surface area (Å²) >= 11 is 0. The Bertz CT molecular complexity index is 1030. The van der Waals surface area contributed by atoms with Gasteiger partial charge in [0.1, 0.15) is 5.56 Å². The van der Waals surface area contributed by atoms with E-state index in [1.165, 1.54) is 18.2 Å². The van der Waals surface area contributed by atoms with Crippen molar-refractivity contribution < 1.29 is 13.2 Å². The lowest BCUT2D eigenvalue weighted by Gasteiger charge is -2.15. The van der Waals surface area contributed by atoms with Crippen molar-refractivity contribution >= 4 is 15.9 Å². The second-order valence-corrected chi connectivity index (χ2v) is 8.78. The number of aromatic amines is 1. The molecule has 0 unspecified atom stereocenters. The number of carbonyl (C=O) groups excluding carboxylic acids is 1. The molecule has 10 heteroatoms. The van der Waals surface area contributed by atoms with Gasteiger partial charge in [0, 0.05) is 25.3 Å². The Morgan fingerprint density at radius 2 is 1.93 bits per heavy atom. The zero-order valence-electron chi connectivity index (χ0n) is 15.9. The zero-order valence-corrected chi connectivity index (χ0v) is 16.7. The van der Waals surface area contributed by atoms with E-state index in [-0.39, 0.29) is 17.0 Å². The van der Waals surface area contributed by atoms with E-state index in [2.05, 4.69) is 15.2 Å². The number of likely N-dealkylation sites (tertiary alicyclic amines) is 1. The number of H-pyrrole nitrogens is 1. The van der Waals surface area contributed by atoms with Gasteiger partial charge in [0.15, 0.2) is 0 Å². The maximum atomic E-state index is 12.3. The third-order valence-corrected chi connectivity index (χ3v) is 5.95. The largest absolute Gasteiger partial charge is 0.348 e. The summed E-state index contributed by atoms with van der Waals surface area (Å²) in [5, 5.41) is 7.71. The molecule has 1 fully saturated rings. The summed E-state index contributed by atoms with van der Waals surface area (Å²) in [7, 11) is -3.76. The molecule has 0 bridgehead atoms. The Hall–Kier alpha value is -2.53. The molecule has 1 atom stereocenters. The molecular weight excluding hydrogens is 394 g/mol. The number of nitrogens with two attached hydrogens (primary N) is 2. The van der Waals surface area contributed by atoms with Gasteiger partial charge in [0.25, 0.3) is 11.5 Å². The summed E-state index contributed by atoms with van der Waals surface area (Å²) in [6.45, 7) is 3.28. The lowest BCUT2D eigenvalue weighted by Crippen LogP contribution is -2.30. The minimum Gasteiger partial charge on any atom is -0.348 e. The average molecular weight is 420 g/mol. The maximum Gasteiger partial charge on any atom is 0.261 e. The number of rotatable bonds is 7. The number of pyridine rings is 1. The Balaban J connectivity index is 1.59. The highest BCUT2D eigenvalue weighted by Crippen LogP contribution is 2.16. The third kappa shape index (κ3) is 5.51. The highest BCUT2D eigenvalue weighted by Gasteiger charge is 2.21. The molecule has 1 amide bonds. The van der Waals surface area contributed by atoms with E-state index >= 15 is 0 Å². The van der Waals surface area contributed by atoms with Gasteiger partial charge < -0.3 is 16.0 Å². The molecule has 0 radical (unpaired) electrons. The zero-order chi connectivity index (χ0) is 21.0. The molecule has 9 nitrogen and oxygen atoms in total. The van der Waals surface area contributed by atoms with Crippen LogP contribution in [0.2, 0.25) is 0 Å². The van der Waals surface area contributed by atoms with Crippen molar-refractivity contribution in [1.82, 2.24) is 15.2 Å². The highest BCUT2D eigenvalue weighted by atomic mass is 32.2. The van der Waals surface area contributed by atoms with Crippen LogP contribution in [0.5, 0.6) is 0 Å². The molecule has 1 aliphatic rings. The Kier molecular flexibility index (Phi) is 6.48. The molecule has 6 N–H and O–H groups in total. The van der Waals surface area contributed by atoms with E-state index in [0.717, 1.165) is 25.2 Å². The number of amides is 1. The molecule has 0 saturated carbocycles. The van der Waals surface area contributed by atoms with Crippen molar-refractivity contribution in [3.05, 3.63) is 63.6 Å². The smallest absolute Gasteiger partial charge is 0.261 e. The van der Waals surface area contributed by atoms with Gasteiger partial charge in [-0.05, 0) is 55.3 Å². The van der Waals surface area contributed by atoms with Crippen LogP contribution in [0.4, 0.5) is 0 Å². The first-order valence-electron chi connectivity index (χ1n) is 9.31. The van der Waals surface area contributed by atoms with Gasteiger partial charge in [-0.3, -0.25) is 14.5 Å². The van der Waals surface area contributed by atoms with E-state index in [1.54, 1.807) is 18.2 Å². The van der Waals surface area contributed by atoms with Crippen molar-refractivity contribution in [3.8, 4) is 0 Å². The Morgan fingerprint density at radius 3 is 2.52 bits per heavy atom. The highest BCUT2D eigenvalue weighted by molar-refractivity contribution is 7.89. The molecule has 2 aromatic rings. The molecule has 29 heavy (non-hydrogen) atoms. The normalized spacial score (nSPS) is 17.4. The van der Waals surface area contributed by atoms with Gasteiger partial charge >= 0.3 is 0 Å². The van der Waals surface area contributed by atoms with Crippen LogP contribution >= 0.6 is 0 Å². The molecule has 3 rings (SSSR count). The molecular formula is C19H25N5O4S.